The average Bonchev–Trinajstić information content (AvgIpc) is 2.96. The van der Waals surface area contributed by atoms with E-state index in [1.165, 1.54) is 38.4 Å². The van der Waals surface area contributed by atoms with Gasteiger partial charge in [0.1, 0.15) is 0 Å². The molecule has 0 N–H and O–H groups in total. The lowest BCUT2D eigenvalue weighted by Gasteiger charge is -2.51. The highest BCUT2D eigenvalue weighted by atomic mass is 19.4. The maximum Gasteiger partial charge on any atom is 0.416 e. The molecule has 2 aromatic rings. The lowest BCUT2D eigenvalue weighted by Crippen LogP contribution is -2.63. The molecule has 8 nitrogen and oxygen atoms in total. The quantitative estimate of drug-likeness (QED) is 0.244. The lowest BCUT2D eigenvalue weighted by molar-refractivity contribution is -0.148. The number of carbonyl (C=O) groups is 3. The van der Waals surface area contributed by atoms with Crippen molar-refractivity contribution in [3.63, 3.8) is 0 Å². The number of ketones is 2. The fourth-order valence-corrected chi connectivity index (χ4v) is 6.03. The Balaban J connectivity index is 1.51. The molecule has 0 aromatic heterocycles. The molecule has 2 bridgehead atoms. The SMILES string of the molecule is COc1cc(C(=O)C(=O)CN2C3CCCC2C2=Cc4cc(C(F)(F)F)cc(C(F)(F)F)c4CN2C3=O)cc(OC)c1OC. The van der Waals surface area contributed by atoms with Crippen molar-refractivity contribution in [3.05, 3.63) is 57.8 Å². The number of benzene rings is 2. The van der Waals surface area contributed by atoms with Gasteiger partial charge in [-0.2, -0.15) is 26.3 Å². The first kappa shape index (κ1) is 30.4. The number of ether oxygens (including phenoxy) is 3. The van der Waals surface area contributed by atoms with E-state index in [-0.39, 0.29) is 46.6 Å². The van der Waals surface area contributed by atoms with E-state index < -0.39 is 71.7 Å². The van der Waals surface area contributed by atoms with Crippen LogP contribution in [0, 0.1) is 0 Å². The summed E-state index contributed by atoms with van der Waals surface area (Å²) in [5.74, 6) is -1.88. The molecule has 3 heterocycles. The van der Waals surface area contributed by atoms with Crippen LogP contribution in [0.3, 0.4) is 0 Å². The van der Waals surface area contributed by atoms with Crippen molar-refractivity contribution < 1.29 is 54.9 Å². The molecule has 0 spiro atoms. The molecule has 2 saturated heterocycles. The predicted octanol–water partition coefficient (Wildman–Crippen LogP) is 5.12. The van der Waals surface area contributed by atoms with Crippen LogP contribution >= 0.6 is 0 Å². The molecule has 14 heteroatoms. The van der Waals surface area contributed by atoms with E-state index in [1.54, 1.807) is 0 Å². The van der Waals surface area contributed by atoms with Crippen molar-refractivity contribution in [1.82, 2.24) is 9.80 Å². The minimum absolute atomic E-state index is 0.0557. The smallest absolute Gasteiger partial charge is 0.416 e. The summed E-state index contributed by atoms with van der Waals surface area (Å²) in [6, 6.07) is 1.72. The van der Waals surface area contributed by atoms with Gasteiger partial charge < -0.3 is 19.1 Å². The third-order valence-corrected chi connectivity index (χ3v) is 8.00. The van der Waals surface area contributed by atoms with E-state index in [9.17, 15) is 40.7 Å². The van der Waals surface area contributed by atoms with Gasteiger partial charge in [0.05, 0.1) is 57.6 Å². The van der Waals surface area contributed by atoms with Crippen LogP contribution < -0.4 is 14.2 Å². The molecule has 230 valence electrons. The Kier molecular flexibility index (Phi) is 7.69. The molecule has 0 aliphatic carbocycles. The van der Waals surface area contributed by atoms with E-state index >= 15 is 0 Å². The number of alkyl halides is 6. The fraction of sp³-hybridized carbons (Fsp3) is 0.414. The largest absolute Gasteiger partial charge is 0.493 e. The Bertz CT molecular complexity index is 1510. The third kappa shape index (κ3) is 5.32. The first-order valence-electron chi connectivity index (χ1n) is 13.2. The number of nitrogens with zero attached hydrogens (tertiary/aromatic N) is 2. The maximum atomic E-state index is 13.9. The highest BCUT2D eigenvalue weighted by Gasteiger charge is 2.49. The Hall–Kier alpha value is -4.07. The summed E-state index contributed by atoms with van der Waals surface area (Å²) in [6.07, 6.45) is -7.77. The number of rotatable bonds is 7. The van der Waals surface area contributed by atoms with Crippen molar-refractivity contribution in [2.75, 3.05) is 27.9 Å². The molecule has 5 rings (SSSR count). The summed E-state index contributed by atoms with van der Waals surface area (Å²) in [7, 11) is 4.05. The zero-order valence-corrected chi connectivity index (χ0v) is 23.2. The highest BCUT2D eigenvalue weighted by Crippen LogP contribution is 2.45. The van der Waals surface area contributed by atoms with Gasteiger partial charge in [-0.15, -0.1) is 0 Å². The highest BCUT2D eigenvalue weighted by molar-refractivity contribution is 6.44. The maximum absolute atomic E-state index is 13.9. The molecule has 2 atom stereocenters. The normalized spacial score (nSPS) is 20.2. The number of fused-ring (bicyclic) bond motifs is 5. The van der Waals surface area contributed by atoms with Crippen molar-refractivity contribution in [3.8, 4) is 17.2 Å². The summed E-state index contributed by atoms with van der Waals surface area (Å²) in [5, 5.41) is 0. The number of halogens is 6. The van der Waals surface area contributed by atoms with Gasteiger partial charge in [0.25, 0.3) is 0 Å². The molecule has 2 unspecified atom stereocenters. The molecule has 3 aliphatic rings. The number of piperazine rings is 1. The van der Waals surface area contributed by atoms with Crippen LogP contribution in [0.25, 0.3) is 6.08 Å². The molecule has 2 aromatic carbocycles. The average molecular weight is 613 g/mol. The summed E-state index contributed by atoms with van der Waals surface area (Å²) >= 11 is 0. The molecule has 0 radical (unpaired) electrons. The summed E-state index contributed by atoms with van der Waals surface area (Å²) in [4.78, 5) is 42.7. The van der Waals surface area contributed by atoms with Crippen molar-refractivity contribution >= 4 is 23.5 Å². The van der Waals surface area contributed by atoms with Crippen molar-refractivity contribution in [2.45, 2.75) is 50.2 Å². The van der Waals surface area contributed by atoms with Crippen LogP contribution in [0.15, 0.2) is 30.0 Å². The van der Waals surface area contributed by atoms with Crippen LogP contribution in [-0.4, -0.2) is 67.2 Å². The van der Waals surface area contributed by atoms with E-state index in [1.807, 2.05) is 0 Å². The minimum Gasteiger partial charge on any atom is -0.493 e. The van der Waals surface area contributed by atoms with Crippen molar-refractivity contribution in [1.29, 1.82) is 0 Å². The number of Topliss-reactive ketones (excluding diaryl/α,β-unsaturated/α-hetero) is 2. The Morgan fingerprint density at radius 3 is 2.07 bits per heavy atom. The molecule has 0 saturated carbocycles. The van der Waals surface area contributed by atoms with Gasteiger partial charge >= 0.3 is 12.4 Å². The molecular weight excluding hydrogens is 586 g/mol. The van der Waals surface area contributed by atoms with E-state index in [0.717, 1.165) is 11.0 Å². The standard InChI is InChI=1S/C29H26F6N2O6/c1-41-23-9-15(10-24(42-2)26(23)43-3)25(39)22(38)13-36-19-5-4-6-20(36)27(40)37-12-17-14(8-21(19)37)7-16(28(30,31)32)11-18(17)29(33,34)35/h7-11,19-20H,4-6,12-13H2,1-3H3. The van der Waals surface area contributed by atoms with E-state index in [2.05, 4.69) is 0 Å². The lowest BCUT2D eigenvalue weighted by atomic mass is 9.83. The number of piperidine rings is 1. The second kappa shape index (κ2) is 10.9. The summed E-state index contributed by atoms with van der Waals surface area (Å²) in [5.41, 5.74) is -3.52. The zero-order chi connectivity index (χ0) is 31.4. The molecular formula is C29H26F6N2O6. The fourth-order valence-electron chi connectivity index (χ4n) is 6.03. The number of hydrogen-bond donors (Lipinski definition) is 0. The van der Waals surface area contributed by atoms with Gasteiger partial charge in [-0.25, -0.2) is 0 Å². The van der Waals surface area contributed by atoms with Gasteiger partial charge in [-0.3, -0.25) is 19.3 Å². The van der Waals surface area contributed by atoms with Crippen LogP contribution in [0.4, 0.5) is 26.3 Å². The third-order valence-electron chi connectivity index (χ3n) is 8.00. The zero-order valence-electron chi connectivity index (χ0n) is 23.2. The molecule has 43 heavy (non-hydrogen) atoms. The van der Waals surface area contributed by atoms with E-state index in [4.69, 9.17) is 14.2 Å². The van der Waals surface area contributed by atoms with Gasteiger partial charge in [-0.05, 0) is 60.7 Å². The van der Waals surface area contributed by atoms with Gasteiger partial charge in [-0.1, -0.05) is 0 Å². The molecule has 1 amide bonds. The van der Waals surface area contributed by atoms with Crippen LogP contribution in [0.1, 0.15) is 51.9 Å². The van der Waals surface area contributed by atoms with Gasteiger partial charge in [0, 0.05) is 11.3 Å². The second-order valence-electron chi connectivity index (χ2n) is 10.4. The summed E-state index contributed by atoms with van der Waals surface area (Å²) < 4.78 is 97.9. The topological polar surface area (TPSA) is 85.4 Å². The Morgan fingerprint density at radius 1 is 0.884 bits per heavy atom. The van der Waals surface area contributed by atoms with Crippen LogP contribution in [0.2, 0.25) is 0 Å². The second-order valence-corrected chi connectivity index (χ2v) is 10.4. The first-order valence-corrected chi connectivity index (χ1v) is 13.2. The number of hydrogen-bond acceptors (Lipinski definition) is 7. The Labute approximate surface area is 241 Å². The number of amides is 1. The van der Waals surface area contributed by atoms with Gasteiger partial charge in [0.2, 0.25) is 23.2 Å². The minimum atomic E-state index is -5.09. The van der Waals surface area contributed by atoms with Gasteiger partial charge in [0.15, 0.2) is 11.5 Å². The molecule has 2 fully saturated rings. The van der Waals surface area contributed by atoms with Crippen LogP contribution in [0.5, 0.6) is 17.2 Å². The summed E-state index contributed by atoms with van der Waals surface area (Å²) in [6.45, 7) is -1.06. The van der Waals surface area contributed by atoms with E-state index in [0.29, 0.717) is 18.9 Å². The van der Waals surface area contributed by atoms with Crippen molar-refractivity contribution in [2.24, 2.45) is 0 Å². The predicted molar refractivity (Wildman–Crippen MR) is 139 cm³/mol. The molecule has 3 aliphatic heterocycles. The first-order chi connectivity index (χ1) is 20.2. The number of carbonyl (C=O) groups excluding carboxylic acids is 3. The van der Waals surface area contributed by atoms with Crippen LogP contribution in [-0.2, 0) is 28.5 Å². The number of methoxy groups -OCH3 is 3. The monoisotopic (exact) mass is 612 g/mol. The Morgan fingerprint density at radius 2 is 1.51 bits per heavy atom.